The van der Waals surface area contributed by atoms with Crippen LogP contribution in [-0.2, 0) is 0 Å². The van der Waals surface area contributed by atoms with Crippen molar-refractivity contribution in [3.63, 3.8) is 0 Å². The molecule has 2 aromatic heterocycles. The second kappa shape index (κ2) is 11.9. The highest BCUT2D eigenvalue weighted by molar-refractivity contribution is 6.22. The lowest BCUT2D eigenvalue weighted by molar-refractivity contribution is 0.673. The van der Waals surface area contributed by atoms with Gasteiger partial charge in [0.25, 0.3) is 0 Å². The molecular formula is C48H30N2O. The van der Waals surface area contributed by atoms with E-state index in [9.17, 15) is 0 Å². The van der Waals surface area contributed by atoms with E-state index in [1.54, 1.807) is 0 Å². The largest absolute Gasteiger partial charge is 0.455 e. The van der Waals surface area contributed by atoms with Gasteiger partial charge in [0.2, 0.25) is 0 Å². The fourth-order valence-electron chi connectivity index (χ4n) is 7.46. The van der Waals surface area contributed by atoms with Crippen LogP contribution in [0.1, 0.15) is 0 Å². The summed E-state index contributed by atoms with van der Waals surface area (Å²) in [6, 6.07) is 63.7. The van der Waals surface area contributed by atoms with E-state index in [2.05, 4.69) is 164 Å². The van der Waals surface area contributed by atoms with Gasteiger partial charge in [0, 0.05) is 32.8 Å². The number of rotatable bonds is 5. The van der Waals surface area contributed by atoms with Gasteiger partial charge in [0.15, 0.2) is 5.82 Å². The van der Waals surface area contributed by atoms with E-state index < -0.39 is 0 Å². The standard InChI is InChI=1S/C48H30N2O/c1-3-13-32(14-4-1)41-29-42-46-37(22-12-24-45(46)51-47(42)40-21-10-9-20-38(40)41)33-25-27-34(28-26-33)43-30-44(50-48(49-43)35-16-5-2-6-17-35)39-23-11-18-31-15-7-8-19-36(31)39/h1-30H. The van der Waals surface area contributed by atoms with Gasteiger partial charge in [-0.05, 0) is 56.6 Å². The Kier molecular flexibility index (Phi) is 6.81. The van der Waals surface area contributed by atoms with Crippen LogP contribution in [0.15, 0.2) is 186 Å². The zero-order valence-corrected chi connectivity index (χ0v) is 27.6. The van der Waals surface area contributed by atoms with Gasteiger partial charge >= 0.3 is 0 Å². The van der Waals surface area contributed by atoms with E-state index in [0.29, 0.717) is 5.82 Å². The van der Waals surface area contributed by atoms with Crippen LogP contribution < -0.4 is 0 Å². The normalized spacial score (nSPS) is 11.5. The Labute approximate surface area is 295 Å². The van der Waals surface area contributed by atoms with Gasteiger partial charge < -0.3 is 4.42 Å². The number of hydrogen-bond acceptors (Lipinski definition) is 3. The van der Waals surface area contributed by atoms with Gasteiger partial charge in [0.1, 0.15) is 11.2 Å². The number of fused-ring (bicyclic) bond motifs is 6. The van der Waals surface area contributed by atoms with Crippen molar-refractivity contribution >= 4 is 43.5 Å². The number of benzene rings is 8. The Morgan fingerprint density at radius 2 is 0.941 bits per heavy atom. The molecule has 0 amide bonds. The van der Waals surface area contributed by atoms with Crippen LogP contribution >= 0.6 is 0 Å². The smallest absolute Gasteiger partial charge is 0.160 e. The molecule has 0 aliphatic heterocycles. The van der Waals surface area contributed by atoms with Gasteiger partial charge in [-0.15, -0.1) is 0 Å². The van der Waals surface area contributed by atoms with Crippen LogP contribution in [0.2, 0.25) is 0 Å². The topological polar surface area (TPSA) is 38.9 Å². The molecule has 238 valence electrons. The molecule has 3 heteroatoms. The van der Waals surface area contributed by atoms with Crippen molar-refractivity contribution in [2.45, 2.75) is 0 Å². The number of aromatic nitrogens is 2. The highest BCUT2D eigenvalue weighted by Gasteiger charge is 2.18. The van der Waals surface area contributed by atoms with Crippen molar-refractivity contribution < 1.29 is 4.42 Å². The molecule has 0 fully saturated rings. The third-order valence-corrected chi connectivity index (χ3v) is 9.90. The summed E-state index contributed by atoms with van der Waals surface area (Å²) < 4.78 is 6.64. The van der Waals surface area contributed by atoms with Crippen LogP contribution in [0.5, 0.6) is 0 Å². The zero-order chi connectivity index (χ0) is 33.7. The maximum atomic E-state index is 6.64. The minimum absolute atomic E-state index is 0.705. The Morgan fingerprint density at radius 1 is 0.353 bits per heavy atom. The Bertz CT molecular complexity index is 2890. The number of nitrogens with zero attached hydrogens (tertiary/aromatic N) is 2. The van der Waals surface area contributed by atoms with Crippen molar-refractivity contribution in [2.24, 2.45) is 0 Å². The maximum absolute atomic E-state index is 6.64. The zero-order valence-electron chi connectivity index (χ0n) is 27.6. The molecule has 10 aromatic rings. The minimum Gasteiger partial charge on any atom is -0.455 e. The Balaban J connectivity index is 1.13. The second-order valence-corrected chi connectivity index (χ2v) is 12.9. The Morgan fingerprint density at radius 3 is 1.75 bits per heavy atom. The highest BCUT2D eigenvalue weighted by Crippen LogP contribution is 2.43. The first-order valence-electron chi connectivity index (χ1n) is 17.2. The van der Waals surface area contributed by atoms with Gasteiger partial charge in [-0.3, -0.25) is 0 Å². The molecule has 0 N–H and O–H groups in total. The van der Waals surface area contributed by atoms with Gasteiger partial charge in [0.05, 0.1) is 11.4 Å². The summed E-state index contributed by atoms with van der Waals surface area (Å²) in [5.41, 5.74) is 11.3. The van der Waals surface area contributed by atoms with E-state index >= 15 is 0 Å². The third-order valence-electron chi connectivity index (χ3n) is 9.90. The Hall–Kier alpha value is -6.84. The molecule has 8 aromatic carbocycles. The predicted molar refractivity (Wildman–Crippen MR) is 212 cm³/mol. The molecule has 0 atom stereocenters. The summed E-state index contributed by atoms with van der Waals surface area (Å²) in [6.45, 7) is 0. The maximum Gasteiger partial charge on any atom is 0.160 e. The van der Waals surface area contributed by atoms with Crippen LogP contribution in [0.25, 0.3) is 99.6 Å². The van der Waals surface area contributed by atoms with Crippen LogP contribution in [0.4, 0.5) is 0 Å². The van der Waals surface area contributed by atoms with Gasteiger partial charge in [-0.2, -0.15) is 0 Å². The monoisotopic (exact) mass is 650 g/mol. The molecule has 0 saturated heterocycles. The van der Waals surface area contributed by atoms with E-state index in [0.717, 1.165) is 66.5 Å². The van der Waals surface area contributed by atoms with Crippen molar-refractivity contribution in [2.75, 3.05) is 0 Å². The molecule has 0 spiro atoms. The summed E-state index contributed by atoms with van der Waals surface area (Å²) in [4.78, 5) is 10.2. The fourth-order valence-corrected chi connectivity index (χ4v) is 7.46. The lowest BCUT2D eigenvalue weighted by atomic mass is 9.93. The van der Waals surface area contributed by atoms with Crippen molar-refractivity contribution in [1.29, 1.82) is 0 Å². The van der Waals surface area contributed by atoms with E-state index in [4.69, 9.17) is 14.4 Å². The predicted octanol–water partition coefficient (Wildman–Crippen LogP) is 13.0. The second-order valence-electron chi connectivity index (χ2n) is 12.9. The minimum atomic E-state index is 0.705. The first-order chi connectivity index (χ1) is 25.3. The number of furan rings is 1. The van der Waals surface area contributed by atoms with E-state index in [1.165, 1.54) is 27.3 Å². The molecule has 0 radical (unpaired) electrons. The molecular weight excluding hydrogens is 621 g/mol. The molecule has 3 nitrogen and oxygen atoms in total. The van der Waals surface area contributed by atoms with Crippen LogP contribution in [0.3, 0.4) is 0 Å². The lowest BCUT2D eigenvalue weighted by Gasteiger charge is -2.12. The van der Waals surface area contributed by atoms with Crippen molar-refractivity contribution in [1.82, 2.24) is 9.97 Å². The van der Waals surface area contributed by atoms with Crippen molar-refractivity contribution in [3.8, 4) is 56.2 Å². The lowest BCUT2D eigenvalue weighted by Crippen LogP contribution is -1.96. The molecule has 0 bridgehead atoms. The quantitative estimate of drug-likeness (QED) is 0.186. The average molecular weight is 651 g/mol. The summed E-state index contributed by atoms with van der Waals surface area (Å²) in [5.74, 6) is 0.705. The van der Waals surface area contributed by atoms with Crippen LogP contribution in [0, 0.1) is 0 Å². The molecule has 0 aliphatic rings. The summed E-state index contributed by atoms with van der Waals surface area (Å²) in [6.07, 6.45) is 0. The van der Waals surface area contributed by atoms with Gasteiger partial charge in [-0.1, -0.05) is 164 Å². The summed E-state index contributed by atoms with van der Waals surface area (Å²) >= 11 is 0. The number of hydrogen-bond donors (Lipinski definition) is 0. The molecule has 10 rings (SSSR count). The summed E-state index contributed by atoms with van der Waals surface area (Å²) in [7, 11) is 0. The van der Waals surface area contributed by atoms with Crippen molar-refractivity contribution in [3.05, 3.63) is 182 Å². The molecule has 0 saturated carbocycles. The SMILES string of the molecule is c1ccc(-c2nc(-c3ccc(-c4cccc5oc6c7ccccc7c(-c7ccccc7)cc6c45)cc3)cc(-c3cccc4ccccc34)n2)cc1. The molecule has 2 heterocycles. The molecule has 0 aliphatic carbocycles. The molecule has 51 heavy (non-hydrogen) atoms. The summed E-state index contributed by atoms with van der Waals surface area (Å²) in [5, 5.41) is 6.89. The van der Waals surface area contributed by atoms with Gasteiger partial charge in [-0.25, -0.2) is 9.97 Å². The average Bonchev–Trinajstić information content (AvgIpc) is 3.60. The highest BCUT2D eigenvalue weighted by atomic mass is 16.3. The van der Waals surface area contributed by atoms with E-state index in [-0.39, 0.29) is 0 Å². The first kappa shape index (κ1) is 29.1. The third kappa shape index (κ3) is 4.98. The molecule has 0 unspecified atom stereocenters. The first-order valence-corrected chi connectivity index (χ1v) is 17.2. The fraction of sp³-hybridized carbons (Fsp3) is 0. The van der Waals surface area contributed by atoms with E-state index in [1.807, 2.05) is 18.2 Å². The van der Waals surface area contributed by atoms with Crippen LogP contribution in [-0.4, -0.2) is 9.97 Å².